The highest BCUT2D eigenvalue weighted by Gasteiger charge is 2.30. The third-order valence-electron chi connectivity index (χ3n) is 3.60. The van der Waals surface area contributed by atoms with Crippen molar-refractivity contribution >= 4 is 17.5 Å². The number of pyridine rings is 1. The second-order valence-electron chi connectivity index (χ2n) is 5.54. The molecule has 2 N–H and O–H groups in total. The fraction of sp³-hybridized carbons (Fsp3) is 0.111. The number of halogens is 3. The molecule has 1 aromatic carbocycles. The van der Waals surface area contributed by atoms with Crippen LogP contribution in [0, 0.1) is 0 Å². The van der Waals surface area contributed by atoms with Gasteiger partial charge in [0.15, 0.2) is 5.82 Å². The number of rotatable bonds is 5. The number of nitrogens with zero attached hydrogens (tertiary/aromatic N) is 3. The van der Waals surface area contributed by atoms with Gasteiger partial charge in [-0.15, -0.1) is 10.2 Å². The van der Waals surface area contributed by atoms with Gasteiger partial charge in [-0.3, -0.25) is 9.78 Å². The zero-order valence-electron chi connectivity index (χ0n) is 13.9. The number of nitrogens with one attached hydrogen (secondary N) is 2. The van der Waals surface area contributed by atoms with Crippen molar-refractivity contribution in [2.24, 2.45) is 0 Å². The molecule has 3 aromatic rings. The maximum Gasteiger partial charge on any atom is 0.416 e. The van der Waals surface area contributed by atoms with Crippen LogP contribution in [0.3, 0.4) is 0 Å². The second kappa shape index (κ2) is 7.81. The van der Waals surface area contributed by atoms with E-state index in [2.05, 4.69) is 25.8 Å². The number of amides is 1. The molecule has 3 rings (SSSR count). The van der Waals surface area contributed by atoms with Crippen LogP contribution in [0.5, 0.6) is 0 Å². The Morgan fingerprint density at radius 3 is 2.11 bits per heavy atom. The van der Waals surface area contributed by atoms with Gasteiger partial charge >= 0.3 is 6.18 Å². The summed E-state index contributed by atoms with van der Waals surface area (Å²) in [4.78, 5) is 16.0. The van der Waals surface area contributed by atoms with E-state index in [4.69, 9.17) is 0 Å². The number of carbonyl (C=O) groups is 1. The maximum atomic E-state index is 12.5. The van der Waals surface area contributed by atoms with Crippen LogP contribution in [0.4, 0.5) is 24.8 Å². The first-order chi connectivity index (χ1) is 12.9. The normalized spacial score (nSPS) is 11.1. The molecule has 0 aliphatic rings. The number of aromatic nitrogens is 3. The number of carbonyl (C=O) groups excluding carboxylic acids is 1. The highest BCUT2D eigenvalue weighted by atomic mass is 19.4. The predicted molar refractivity (Wildman–Crippen MR) is 93.0 cm³/mol. The molecule has 0 aliphatic heterocycles. The Bertz CT molecular complexity index is 897. The molecule has 0 atom stereocenters. The van der Waals surface area contributed by atoms with Gasteiger partial charge in [-0.1, -0.05) is 0 Å². The lowest BCUT2D eigenvalue weighted by Crippen LogP contribution is -2.14. The molecule has 0 bridgehead atoms. The van der Waals surface area contributed by atoms with Crippen molar-refractivity contribution in [3.8, 4) is 0 Å². The first-order valence-corrected chi connectivity index (χ1v) is 7.87. The third-order valence-corrected chi connectivity index (χ3v) is 3.60. The number of hydrogen-bond donors (Lipinski definition) is 2. The Morgan fingerprint density at radius 2 is 1.52 bits per heavy atom. The molecule has 27 heavy (non-hydrogen) atoms. The topological polar surface area (TPSA) is 79.8 Å². The summed E-state index contributed by atoms with van der Waals surface area (Å²) in [5.74, 6) is 0.129. The van der Waals surface area contributed by atoms with Crippen LogP contribution in [0.15, 0.2) is 60.9 Å². The van der Waals surface area contributed by atoms with Crippen molar-refractivity contribution in [3.63, 3.8) is 0 Å². The summed E-state index contributed by atoms with van der Waals surface area (Å²) in [6.45, 7) is 0.536. The molecule has 0 saturated heterocycles. The molecule has 6 nitrogen and oxygen atoms in total. The van der Waals surface area contributed by atoms with Gasteiger partial charge in [-0.25, -0.2) is 0 Å². The Labute approximate surface area is 152 Å². The van der Waals surface area contributed by atoms with E-state index in [-0.39, 0.29) is 11.4 Å². The minimum atomic E-state index is -4.44. The molecule has 0 aliphatic carbocycles. The molecule has 0 fully saturated rings. The number of alkyl halides is 3. The quantitative estimate of drug-likeness (QED) is 0.712. The Hall–Kier alpha value is -3.49. The van der Waals surface area contributed by atoms with E-state index in [1.807, 2.05) is 12.1 Å². The van der Waals surface area contributed by atoms with Crippen LogP contribution in [0.1, 0.15) is 21.5 Å². The van der Waals surface area contributed by atoms with Gasteiger partial charge in [0.1, 0.15) is 5.82 Å². The molecule has 1 amide bonds. The lowest BCUT2D eigenvalue weighted by molar-refractivity contribution is -0.137. The molecule has 9 heteroatoms. The molecule has 2 aromatic heterocycles. The lowest BCUT2D eigenvalue weighted by atomic mass is 10.1. The summed E-state index contributed by atoms with van der Waals surface area (Å²) in [7, 11) is 0. The van der Waals surface area contributed by atoms with Crippen molar-refractivity contribution in [2.75, 3.05) is 10.6 Å². The SMILES string of the molecule is O=C(Nc1ccc(NCc2ccncc2)nn1)c1ccc(C(F)(F)F)cc1. The number of hydrogen-bond acceptors (Lipinski definition) is 5. The van der Waals surface area contributed by atoms with Crippen molar-refractivity contribution in [1.82, 2.24) is 15.2 Å². The van der Waals surface area contributed by atoms with Crippen LogP contribution in [-0.4, -0.2) is 21.1 Å². The van der Waals surface area contributed by atoms with Crippen LogP contribution in [0.2, 0.25) is 0 Å². The number of benzene rings is 1. The van der Waals surface area contributed by atoms with E-state index >= 15 is 0 Å². The van der Waals surface area contributed by atoms with Crippen molar-refractivity contribution in [2.45, 2.75) is 12.7 Å². The molecular weight excluding hydrogens is 359 g/mol. The minimum absolute atomic E-state index is 0.0877. The van der Waals surface area contributed by atoms with Crippen LogP contribution < -0.4 is 10.6 Å². The van der Waals surface area contributed by atoms with E-state index in [1.54, 1.807) is 24.5 Å². The lowest BCUT2D eigenvalue weighted by Gasteiger charge is -2.08. The molecule has 138 valence electrons. The van der Waals surface area contributed by atoms with E-state index in [0.717, 1.165) is 29.8 Å². The summed E-state index contributed by atoms with van der Waals surface area (Å²) in [5, 5.41) is 13.4. The standard InChI is InChI=1S/C18H14F3N5O/c19-18(20,21)14-3-1-13(2-4-14)17(27)24-16-6-5-15(25-26-16)23-11-12-7-9-22-10-8-12/h1-10H,11H2,(H,23,25)(H,24,26,27). The van der Waals surface area contributed by atoms with E-state index in [9.17, 15) is 18.0 Å². The highest BCUT2D eigenvalue weighted by molar-refractivity contribution is 6.03. The average Bonchev–Trinajstić information content (AvgIpc) is 2.68. The van der Waals surface area contributed by atoms with Crippen LogP contribution in [0.25, 0.3) is 0 Å². The monoisotopic (exact) mass is 373 g/mol. The highest BCUT2D eigenvalue weighted by Crippen LogP contribution is 2.29. The smallest absolute Gasteiger partial charge is 0.365 e. The van der Waals surface area contributed by atoms with Gasteiger partial charge in [0.05, 0.1) is 5.56 Å². The maximum absolute atomic E-state index is 12.5. The van der Waals surface area contributed by atoms with Gasteiger partial charge < -0.3 is 10.6 Å². The zero-order valence-corrected chi connectivity index (χ0v) is 13.9. The fourth-order valence-corrected chi connectivity index (χ4v) is 2.19. The summed E-state index contributed by atoms with van der Waals surface area (Å²) in [5.41, 5.74) is 0.291. The predicted octanol–water partition coefficient (Wildman–Crippen LogP) is 3.75. The fourth-order valence-electron chi connectivity index (χ4n) is 2.19. The van der Waals surface area contributed by atoms with Crippen molar-refractivity contribution in [1.29, 1.82) is 0 Å². The molecule has 0 unspecified atom stereocenters. The molecule has 0 spiro atoms. The summed E-state index contributed by atoms with van der Waals surface area (Å²) >= 11 is 0. The second-order valence-corrected chi connectivity index (χ2v) is 5.54. The number of anilines is 2. The van der Waals surface area contributed by atoms with Gasteiger partial charge in [-0.2, -0.15) is 13.2 Å². The summed E-state index contributed by atoms with van der Waals surface area (Å²) < 4.78 is 37.6. The van der Waals surface area contributed by atoms with E-state index in [1.165, 1.54) is 0 Å². The average molecular weight is 373 g/mol. The van der Waals surface area contributed by atoms with Gasteiger partial charge in [0.25, 0.3) is 5.91 Å². The van der Waals surface area contributed by atoms with Crippen molar-refractivity contribution in [3.05, 3.63) is 77.6 Å². The molecule has 2 heterocycles. The van der Waals surface area contributed by atoms with E-state index < -0.39 is 17.6 Å². The Kier molecular flexibility index (Phi) is 5.30. The molecular formula is C18H14F3N5O. The zero-order chi connectivity index (χ0) is 19.3. The van der Waals surface area contributed by atoms with Gasteiger partial charge in [0, 0.05) is 24.5 Å². The van der Waals surface area contributed by atoms with Crippen LogP contribution in [-0.2, 0) is 12.7 Å². The van der Waals surface area contributed by atoms with E-state index in [0.29, 0.717) is 12.4 Å². The van der Waals surface area contributed by atoms with Crippen molar-refractivity contribution < 1.29 is 18.0 Å². The molecule has 0 radical (unpaired) electrons. The summed E-state index contributed by atoms with van der Waals surface area (Å²) in [6, 6.07) is 10.8. The van der Waals surface area contributed by atoms with Gasteiger partial charge in [-0.05, 0) is 54.1 Å². The summed E-state index contributed by atoms with van der Waals surface area (Å²) in [6.07, 6.45) is -1.08. The molecule has 0 saturated carbocycles. The third kappa shape index (κ3) is 5.00. The van der Waals surface area contributed by atoms with Crippen LogP contribution >= 0.6 is 0 Å². The first kappa shape index (κ1) is 18.3. The largest absolute Gasteiger partial charge is 0.416 e. The first-order valence-electron chi connectivity index (χ1n) is 7.87. The minimum Gasteiger partial charge on any atom is -0.365 e. The van der Waals surface area contributed by atoms with Gasteiger partial charge in [0.2, 0.25) is 0 Å². The Morgan fingerprint density at radius 1 is 0.889 bits per heavy atom. The Balaban J connectivity index is 1.58.